The number of anilines is 1. The molecule has 1 heterocycles. The fraction of sp³-hybridized carbons (Fsp3) is 0.267. The lowest BCUT2D eigenvalue weighted by Gasteiger charge is -2.30. The van der Waals surface area contributed by atoms with Crippen molar-refractivity contribution in [3.05, 3.63) is 89.5 Å². The van der Waals surface area contributed by atoms with E-state index in [1.165, 1.54) is 0 Å². The molecular formula is C30H32N2O4. The number of hydrogen-bond acceptors (Lipinski definition) is 4. The number of nitrogens with one attached hydrogen (secondary N) is 1. The van der Waals surface area contributed by atoms with E-state index in [0.717, 1.165) is 71.3 Å². The third-order valence-electron chi connectivity index (χ3n) is 6.58. The molecular weight excluding hydrogens is 452 g/mol. The number of benzene rings is 3. The Morgan fingerprint density at radius 3 is 2.42 bits per heavy atom. The molecule has 186 valence electrons. The van der Waals surface area contributed by atoms with Crippen LogP contribution in [-0.4, -0.2) is 37.2 Å². The maximum atomic E-state index is 13.6. The topological polar surface area (TPSA) is 78.9 Å². The largest absolute Gasteiger partial charge is 0.496 e. The summed E-state index contributed by atoms with van der Waals surface area (Å²) in [5.41, 5.74) is 5.82. The summed E-state index contributed by atoms with van der Waals surface area (Å²) < 4.78 is 5.37. The highest BCUT2D eigenvalue weighted by molar-refractivity contribution is 5.95. The van der Waals surface area contributed by atoms with Crippen LogP contribution in [0.25, 0.3) is 17.2 Å². The maximum absolute atomic E-state index is 13.6. The third kappa shape index (κ3) is 6.20. The second kappa shape index (κ2) is 11.7. The fourth-order valence-corrected chi connectivity index (χ4v) is 4.59. The van der Waals surface area contributed by atoms with Crippen molar-refractivity contribution in [2.24, 2.45) is 5.92 Å². The molecule has 1 aliphatic rings. The molecule has 0 aliphatic carbocycles. The van der Waals surface area contributed by atoms with E-state index in [1.54, 1.807) is 13.2 Å². The highest BCUT2D eigenvalue weighted by atomic mass is 16.5. The van der Waals surface area contributed by atoms with E-state index in [4.69, 9.17) is 9.84 Å². The van der Waals surface area contributed by atoms with Gasteiger partial charge in [0.05, 0.1) is 13.7 Å². The third-order valence-corrected chi connectivity index (χ3v) is 6.58. The highest BCUT2D eigenvalue weighted by Gasteiger charge is 2.27. The lowest BCUT2D eigenvalue weighted by molar-refractivity contribution is -0.131. The predicted molar refractivity (Wildman–Crippen MR) is 143 cm³/mol. The average Bonchev–Trinajstić information content (AvgIpc) is 2.91. The standard InChI is InChI=1S/C30H32N2O4/c1-21-18-26(11-12-28(21)36-2)24-9-6-23(7-10-24)20-32(30(35)25-14-16-31-17-15-25)27-5-3-4-22(19-27)8-13-29(33)34/h3-13,18-19,25,31H,14-17,20H2,1-2H3,(H,33,34). The zero-order valence-corrected chi connectivity index (χ0v) is 20.7. The van der Waals surface area contributed by atoms with E-state index >= 15 is 0 Å². The van der Waals surface area contributed by atoms with Crippen LogP contribution in [0.3, 0.4) is 0 Å². The van der Waals surface area contributed by atoms with Crippen molar-refractivity contribution in [1.82, 2.24) is 5.32 Å². The Balaban J connectivity index is 1.60. The first-order chi connectivity index (χ1) is 17.4. The van der Waals surface area contributed by atoms with Gasteiger partial charge in [-0.05, 0) is 91.0 Å². The Labute approximate surface area is 212 Å². The van der Waals surface area contributed by atoms with Crippen LogP contribution >= 0.6 is 0 Å². The number of nitrogens with zero attached hydrogens (tertiary/aromatic N) is 1. The minimum absolute atomic E-state index is 0.0361. The molecule has 1 amide bonds. The minimum Gasteiger partial charge on any atom is -0.496 e. The molecule has 1 fully saturated rings. The molecule has 3 aromatic carbocycles. The van der Waals surface area contributed by atoms with Gasteiger partial charge in [0, 0.05) is 17.7 Å². The van der Waals surface area contributed by atoms with Gasteiger partial charge in [-0.15, -0.1) is 0 Å². The molecule has 1 aliphatic heterocycles. The van der Waals surface area contributed by atoms with Crippen LogP contribution in [-0.2, 0) is 16.1 Å². The Kier molecular flexibility index (Phi) is 8.18. The van der Waals surface area contributed by atoms with E-state index in [2.05, 4.69) is 35.6 Å². The first kappa shape index (κ1) is 25.2. The molecule has 3 aromatic rings. The molecule has 6 nitrogen and oxygen atoms in total. The maximum Gasteiger partial charge on any atom is 0.328 e. The van der Waals surface area contributed by atoms with Gasteiger partial charge in [0.25, 0.3) is 0 Å². The lowest BCUT2D eigenvalue weighted by atomic mass is 9.95. The zero-order chi connectivity index (χ0) is 25.5. The molecule has 0 radical (unpaired) electrons. The van der Waals surface area contributed by atoms with Crippen molar-refractivity contribution >= 4 is 23.6 Å². The van der Waals surface area contributed by atoms with Crippen molar-refractivity contribution in [1.29, 1.82) is 0 Å². The molecule has 36 heavy (non-hydrogen) atoms. The Hall–Kier alpha value is -3.90. The summed E-state index contributed by atoms with van der Waals surface area (Å²) in [5.74, 6) is -0.0743. The van der Waals surface area contributed by atoms with Crippen LogP contribution in [0.1, 0.15) is 29.5 Å². The normalized spacial score (nSPS) is 14.1. The molecule has 0 atom stereocenters. The summed E-state index contributed by atoms with van der Waals surface area (Å²) in [5, 5.41) is 12.3. The summed E-state index contributed by atoms with van der Waals surface area (Å²) in [6, 6.07) is 21.9. The number of carboxylic acid groups (broad SMARTS) is 1. The molecule has 0 spiro atoms. The minimum atomic E-state index is -1.00. The Morgan fingerprint density at radius 2 is 1.75 bits per heavy atom. The van der Waals surface area contributed by atoms with E-state index < -0.39 is 5.97 Å². The van der Waals surface area contributed by atoms with Crippen molar-refractivity contribution in [2.45, 2.75) is 26.3 Å². The molecule has 0 bridgehead atoms. The summed E-state index contributed by atoms with van der Waals surface area (Å²) in [4.78, 5) is 26.4. The molecule has 0 unspecified atom stereocenters. The number of hydrogen-bond donors (Lipinski definition) is 2. The monoisotopic (exact) mass is 484 g/mol. The number of aryl methyl sites for hydroxylation is 1. The molecule has 0 aromatic heterocycles. The number of piperidine rings is 1. The van der Waals surface area contributed by atoms with Crippen LogP contribution in [0, 0.1) is 12.8 Å². The SMILES string of the molecule is COc1ccc(-c2ccc(CN(C(=O)C3CCNCC3)c3cccc(C=CC(=O)O)c3)cc2)cc1C. The molecule has 4 rings (SSSR count). The summed E-state index contributed by atoms with van der Waals surface area (Å²) in [6.45, 7) is 4.14. The van der Waals surface area contributed by atoms with Gasteiger partial charge in [0.15, 0.2) is 0 Å². The average molecular weight is 485 g/mol. The predicted octanol–water partition coefficient (Wildman–Crippen LogP) is 5.30. The second-order valence-electron chi connectivity index (χ2n) is 9.10. The van der Waals surface area contributed by atoms with E-state index in [-0.39, 0.29) is 11.8 Å². The first-order valence-corrected chi connectivity index (χ1v) is 12.2. The quantitative estimate of drug-likeness (QED) is 0.424. The zero-order valence-electron chi connectivity index (χ0n) is 20.7. The summed E-state index contributed by atoms with van der Waals surface area (Å²) in [7, 11) is 1.67. The van der Waals surface area contributed by atoms with Crippen LogP contribution < -0.4 is 15.0 Å². The van der Waals surface area contributed by atoms with Crippen LogP contribution in [0.4, 0.5) is 5.69 Å². The number of carbonyl (C=O) groups is 2. The number of rotatable bonds is 8. The molecule has 6 heteroatoms. The lowest BCUT2D eigenvalue weighted by Crippen LogP contribution is -2.41. The Morgan fingerprint density at radius 1 is 1.03 bits per heavy atom. The molecule has 0 saturated carbocycles. The Bertz CT molecular complexity index is 1240. The number of aliphatic carboxylic acids is 1. The van der Waals surface area contributed by atoms with Gasteiger partial charge in [-0.1, -0.05) is 42.5 Å². The number of methoxy groups -OCH3 is 1. The van der Waals surface area contributed by atoms with Crippen LogP contribution in [0.5, 0.6) is 5.75 Å². The second-order valence-corrected chi connectivity index (χ2v) is 9.10. The van der Waals surface area contributed by atoms with Gasteiger partial charge < -0.3 is 20.1 Å². The van der Waals surface area contributed by atoms with E-state index in [9.17, 15) is 9.59 Å². The first-order valence-electron chi connectivity index (χ1n) is 12.2. The van der Waals surface area contributed by atoms with Crippen LogP contribution in [0.2, 0.25) is 0 Å². The van der Waals surface area contributed by atoms with Gasteiger partial charge in [-0.2, -0.15) is 0 Å². The number of carbonyl (C=O) groups excluding carboxylic acids is 1. The molecule has 1 saturated heterocycles. The number of amides is 1. The van der Waals surface area contributed by atoms with Crippen molar-refractivity contribution in [2.75, 3.05) is 25.1 Å². The van der Waals surface area contributed by atoms with Crippen molar-refractivity contribution in [3.63, 3.8) is 0 Å². The number of ether oxygens (including phenoxy) is 1. The highest BCUT2D eigenvalue weighted by Crippen LogP contribution is 2.28. The van der Waals surface area contributed by atoms with Crippen molar-refractivity contribution < 1.29 is 19.4 Å². The van der Waals surface area contributed by atoms with Gasteiger partial charge in [0.2, 0.25) is 5.91 Å². The van der Waals surface area contributed by atoms with Gasteiger partial charge in [-0.3, -0.25) is 4.79 Å². The van der Waals surface area contributed by atoms with Gasteiger partial charge in [-0.25, -0.2) is 4.79 Å². The fourth-order valence-electron chi connectivity index (χ4n) is 4.59. The van der Waals surface area contributed by atoms with Gasteiger partial charge >= 0.3 is 5.97 Å². The van der Waals surface area contributed by atoms with Crippen LogP contribution in [0.15, 0.2) is 72.8 Å². The number of carboxylic acids is 1. The van der Waals surface area contributed by atoms with Gasteiger partial charge in [0.1, 0.15) is 5.75 Å². The van der Waals surface area contributed by atoms with Crippen molar-refractivity contribution in [3.8, 4) is 16.9 Å². The van der Waals surface area contributed by atoms with E-state index in [1.807, 2.05) is 48.2 Å². The molecule has 2 N–H and O–H groups in total. The summed E-state index contributed by atoms with van der Waals surface area (Å²) in [6.07, 6.45) is 4.27. The summed E-state index contributed by atoms with van der Waals surface area (Å²) >= 11 is 0. The van der Waals surface area contributed by atoms with E-state index in [0.29, 0.717) is 6.54 Å². The smallest absolute Gasteiger partial charge is 0.328 e.